The zero-order valence-electron chi connectivity index (χ0n) is 51.7. The summed E-state index contributed by atoms with van der Waals surface area (Å²) >= 11 is 0. The van der Waals surface area contributed by atoms with E-state index >= 15 is 0 Å². The normalized spacial score (nSPS) is 37.1. The van der Waals surface area contributed by atoms with Gasteiger partial charge in [-0.25, -0.2) is 14.8 Å². The molecular weight excluding hydrogens is 1090 g/mol. The van der Waals surface area contributed by atoms with Gasteiger partial charge in [-0.3, -0.25) is 14.4 Å². The molecule has 3 saturated heterocycles. The molecule has 85 heavy (non-hydrogen) atoms. The summed E-state index contributed by atoms with van der Waals surface area (Å²) in [5.74, 6) is -7.13. The number of rotatable bonds is 9. The van der Waals surface area contributed by atoms with Gasteiger partial charge in [0.1, 0.15) is 24.4 Å². The Hall–Kier alpha value is -5.01. The summed E-state index contributed by atoms with van der Waals surface area (Å²) in [5, 5.41) is 63.1. The van der Waals surface area contributed by atoms with Crippen molar-refractivity contribution in [2.75, 3.05) is 72.0 Å². The zero-order chi connectivity index (χ0) is 61.7. The molecule has 4 fully saturated rings. The first kappa shape index (κ1) is 67.5. The molecule has 7 rings (SSSR count). The van der Waals surface area contributed by atoms with Gasteiger partial charge in [0.2, 0.25) is 11.7 Å². The number of esters is 1. The largest absolute Gasteiger partial charge is 0.459 e. The number of aliphatic hydroxyl groups is 5. The maximum Gasteiger partial charge on any atom is 0.329 e. The van der Waals surface area contributed by atoms with Crippen molar-refractivity contribution >= 4 is 35.2 Å². The molecule has 0 spiro atoms. The molecule has 5 aliphatic heterocycles. The highest BCUT2D eigenvalue weighted by Gasteiger charge is 2.53. The number of piperazine rings is 1. The van der Waals surface area contributed by atoms with E-state index in [-0.39, 0.29) is 49.3 Å². The predicted octanol–water partition coefficient (Wildman–Crippen LogP) is 3.94. The van der Waals surface area contributed by atoms with E-state index in [2.05, 4.69) is 27.0 Å². The van der Waals surface area contributed by atoms with Crippen LogP contribution in [0.25, 0.3) is 0 Å². The molecule has 22 nitrogen and oxygen atoms in total. The minimum atomic E-state index is -2.47. The van der Waals surface area contributed by atoms with Crippen LogP contribution in [0.5, 0.6) is 0 Å². The highest BCUT2D eigenvalue weighted by molar-refractivity contribution is 6.39. The molecule has 0 radical (unpaired) electrons. The van der Waals surface area contributed by atoms with Crippen molar-refractivity contribution < 1.29 is 68.5 Å². The van der Waals surface area contributed by atoms with E-state index in [1.165, 1.54) is 0 Å². The Morgan fingerprint density at radius 3 is 2.34 bits per heavy atom. The Morgan fingerprint density at radius 2 is 1.61 bits per heavy atom. The van der Waals surface area contributed by atoms with Gasteiger partial charge >= 0.3 is 5.97 Å². The van der Waals surface area contributed by atoms with Gasteiger partial charge in [-0.15, -0.1) is 0 Å². The highest BCUT2D eigenvalue weighted by atomic mass is 16.6. The van der Waals surface area contributed by atoms with Crippen molar-refractivity contribution in [2.24, 2.45) is 40.5 Å². The summed E-state index contributed by atoms with van der Waals surface area (Å²) < 4.78 is 24.0. The molecular formula is C63H98N8O14. The monoisotopic (exact) mass is 1190 g/mol. The number of aliphatic hydroxyl groups excluding tert-OH is 4. The number of ketones is 1. The van der Waals surface area contributed by atoms with Crippen molar-refractivity contribution in [2.45, 2.75) is 198 Å². The van der Waals surface area contributed by atoms with E-state index in [9.17, 15) is 44.7 Å². The van der Waals surface area contributed by atoms with E-state index in [0.29, 0.717) is 88.8 Å². The Labute approximate surface area is 502 Å². The smallest absolute Gasteiger partial charge is 0.329 e. The molecule has 2 amide bonds. The number of nitrogens with zero attached hydrogens (tertiary/aromatic N) is 7. The molecule has 0 unspecified atom stereocenters. The number of allylic oxidation sites excluding steroid dienone is 5. The standard InChI is InChI=1S/C63H98N8O14/c1-38-15-11-10-12-16-39(2)52(81-8)33-46-20-18-43(6)63(80,85-46)59(77)60(78)71-23-14-13-17-49(71)61(79)84-53(47(64)31-44-19-21-50(72)54(32-44)82-9)34-51(73)40(3)30-42(5)57(75)58(76)56(41(4)29-38)67-83-37-55(74)70-24-22-48-45(36-70)35-65-62(66-48)69-27-25-68(7)26-28-69/h10-12,15-16,30,35,38,40-41,43-44,46-47,49-54,57-58,72-73,75-76,80H,13-14,17-29,31-34,36-37,64H2,1-9H3/b12-10+,15-11+,39-16+,42-30+,67-56+/t38-,40-,41-,43-,44+,46+,47-,49+,50-,51-,52+,53+,54-,57-,58+,63-/m1/s1. The number of aromatic nitrogens is 2. The molecule has 6 heterocycles. The van der Waals surface area contributed by atoms with Crippen molar-refractivity contribution in [1.29, 1.82) is 0 Å². The molecule has 1 aliphatic carbocycles. The van der Waals surface area contributed by atoms with Crippen molar-refractivity contribution in [3.05, 3.63) is 65.1 Å². The number of nitrogens with two attached hydrogens (primary N) is 1. The number of carbonyl (C=O) groups is 4. The van der Waals surface area contributed by atoms with E-state index in [1.807, 2.05) is 51.2 Å². The lowest BCUT2D eigenvalue weighted by Gasteiger charge is -2.42. The lowest BCUT2D eigenvalue weighted by Crippen LogP contribution is -2.61. The molecule has 22 heteroatoms. The third-order valence-corrected chi connectivity index (χ3v) is 18.6. The fraction of sp³-hybridized carbons (Fsp3) is 0.730. The zero-order valence-corrected chi connectivity index (χ0v) is 51.7. The number of hydrogen-bond acceptors (Lipinski definition) is 20. The highest BCUT2D eigenvalue weighted by Crippen LogP contribution is 2.38. The van der Waals surface area contributed by atoms with Crippen LogP contribution in [0.2, 0.25) is 0 Å². The molecule has 474 valence electrons. The van der Waals surface area contributed by atoms with Crippen LogP contribution in [0, 0.1) is 29.6 Å². The summed E-state index contributed by atoms with van der Waals surface area (Å²) in [7, 11) is 5.21. The van der Waals surface area contributed by atoms with Crippen LogP contribution < -0.4 is 10.6 Å². The first-order valence-corrected chi connectivity index (χ1v) is 31.0. The minimum absolute atomic E-state index is 0.0220. The number of anilines is 1. The number of piperidine rings is 1. The van der Waals surface area contributed by atoms with Crippen molar-refractivity contribution in [3.8, 4) is 0 Å². The second-order valence-electron chi connectivity index (χ2n) is 25.2. The van der Waals surface area contributed by atoms with Gasteiger partial charge in [-0.05, 0) is 108 Å². The number of hydrogen-bond donors (Lipinski definition) is 6. The summed E-state index contributed by atoms with van der Waals surface area (Å²) in [6.07, 6.45) is 10.5. The van der Waals surface area contributed by atoms with Crippen LogP contribution in [0.4, 0.5) is 5.95 Å². The average Bonchev–Trinajstić information content (AvgIpc) is 1.84. The topological polar surface area (TPSA) is 293 Å². The number of cyclic esters (lactones) is 1. The van der Waals surface area contributed by atoms with E-state index in [0.717, 1.165) is 47.9 Å². The average molecular weight is 1190 g/mol. The number of likely N-dealkylation sites (N-methyl/N-ethyl adjacent to an activating group) is 1. The number of methoxy groups -OCH3 is 2. The van der Waals surface area contributed by atoms with Gasteiger partial charge in [0.05, 0.1) is 41.9 Å². The Bertz CT molecular complexity index is 2570. The van der Waals surface area contributed by atoms with Gasteiger partial charge < -0.3 is 74.7 Å². The number of amides is 2. The van der Waals surface area contributed by atoms with Crippen LogP contribution in [-0.4, -0.2) is 213 Å². The molecule has 0 aromatic carbocycles. The Kier molecular flexibility index (Phi) is 24.8. The molecule has 7 N–H and O–H groups in total. The summed E-state index contributed by atoms with van der Waals surface area (Å²) in [4.78, 5) is 79.6. The predicted molar refractivity (Wildman–Crippen MR) is 319 cm³/mol. The van der Waals surface area contributed by atoms with E-state index in [4.69, 9.17) is 34.5 Å². The molecule has 16 atom stereocenters. The molecule has 2 bridgehead atoms. The number of oxime groups is 1. The van der Waals surface area contributed by atoms with Crippen LogP contribution in [-0.2, 0) is 55.9 Å². The van der Waals surface area contributed by atoms with Gasteiger partial charge in [0.25, 0.3) is 17.6 Å². The van der Waals surface area contributed by atoms with Crippen LogP contribution in [0.3, 0.4) is 0 Å². The second kappa shape index (κ2) is 31.3. The van der Waals surface area contributed by atoms with Gasteiger partial charge in [0.15, 0.2) is 6.61 Å². The molecule has 1 aromatic rings. The van der Waals surface area contributed by atoms with E-state index < -0.39 is 109 Å². The fourth-order valence-corrected chi connectivity index (χ4v) is 12.9. The minimum Gasteiger partial charge on any atom is -0.459 e. The lowest BCUT2D eigenvalue weighted by atomic mass is 9.80. The Morgan fingerprint density at radius 1 is 0.859 bits per heavy atom. The Balaban J connectivity index is 1.14. The quantitative estimate of drug-likeness (QED) is 0.0883. The maximum absolute atomic E-state index is 14.6. The molecule has 6 aliphatic rings. The number of Topliss-reactive ketones (excluding diaryl/α,β-unsaturated/α-hetero) is 1. The number of ether oxygens (including phenoxy) is 4. The summed E-state index contributed by atoms with van der Waals surface area (Å²) in [6, 6.07) is -2.04. The fourth-order valence-electron chi connectivity index (χ4n) is 12.9. The van der Waals surface area contributed by atoms with Crippen molar-refractivity contribution in [1.82, 2.24) is 24.7 Å². The van der Waals surface area contributed by atoms with Gasteiger partial charge in [-0.1, -0.05) is 69.3 Å². The SMILES string of the molecule is CO[C@H]1C[C@@H]2CC[C@@H](C)[C@@](O)(O2)C(=O)C(=O)N2CCCC[C@H]2C(=O)O[C@H]([C@H](N)C[C@@H]2CC[C@@H](O)[C@H](OC)C2)C[C@@H](O)[C@H](C)/C=C(\C)[C@@H](O)[C@@H](O)/C(=N/OCC(=O)N2CCc3nc(N4CCN(C)CC4)ncc3C2)[C@H](C)C[C@H](C)/C=C/C=C/C=C/1C. The molecule has 1 saturated carbocycles. The van der Waals surface area contributed by atoms with Crippen LogP contribution >= 0.6 is 0 Å². The number of fused-ring (bicyclic) bond motifs is 4. The first-order chi connectivity index (χ1) is 40.5. The summed E-state index contributed by atoms with van der Waals surface area (Å²) in [5.41, 5.74) is 10.0. The first-order valence-electron chi connectivity index (χ1n) is 31.0. The third-order valence-electron chi connectivity index (χ3n) is 18.6. The van der Waals surface area contributed by atoms with Crippen LogP contribution in [0.15, 0.2) is 59.0 Å². The number of carbonyl (C=O) groups excluding carboxylic acids is 4. The van der Waals surface area contributed by atoms with E-state index in [1.54, 1.807) is 52.2 Å². The second-order valence-corrected chi connectivity index (χ2v) is 25.2. The summed E-state index contributed by atoms with van der Waals surface area (Å²) in [6.45, 7) is 14.7. The van der Waals surface area contributed by atoms with Crippen LogP contribution in [0.1, 0.15) is 130 Å². The molecule has 1 aromatic heterocycles. The lowest BCUT2D eigenvalue weighted by molar-refractivity contribution is -0.265. The van der Waals surface area contributed by atoms with Gasteiger partial charge in [-0.2, -0.15) is 0 Å². The third kappa shape index (κ3) is 17.6. The van der Waals surface area contributed by atoms with Crippen molar-refractivity contribution in [3.63, 3.8) is 0 Å². The maximum atomic E-state index is 14.6. The van der Waals surface area contributed by atoms with Gasteiger partial charge in [0, 0.05) is 115 Å².